The quantitative estimate of drug-likeness (QED) is 0.528. The maximum absolute atomic E-state index is 9.26. The lowest BCUT2D eigenvalue weighted by Crippen LogP contribution is -2.25. The summed E-state index contributed by atoms with van der Waals surface area (Å²) >= 11 is 0. The third-order valence-electron chi connectivity index (χ3n) is 2.55. The summed E-state index contributed by atoms with van der Waals surface area (Å²) in [6.45, 7) is 5.63. The third kappa shape index (κ3) is 4.01. The Morgan fingerprint density at radius 2 is 2.06 bits per heavy atom. The van der Waals surface area contributed by atoms with Gasteiger partial charge in [-0.1, -0.05) is 0 Å². The van der Waals surface area contributed by atoms with E-state index in [0.717, 1.165) is 18.9 Å². The van der Waals surface area contributed by atoms with E-state index in [0.29, 0.717) is 5.82 Å². The normalized spacial score (nSPS) is 12.2. The Morgan fingerprint density at radius 1 is 1.39 bits per heavy atom. The fourth-order valence-electron chi connectivity index (χ4n) is 1.54. The molecule has 1 atom stereocenters. The minimum atomic E-state index is -0.821. The first-order valence-electron chi connectivity index (χ1n) is 6.03. The molecule has 18 heavy (non-hydrogen) atoms. The Bertz CT molecular complexity index is 370. The van der Waals surface area contributed by atoms with Crippen LogP contribution in [0.4, 0.5) is 17.6 Å². The Labute approximate surface area is 107 Å². The van der Waals surface area contributed by atoms with E-state index in [1.165, 1.54) is 0 Å². The molecule has 0 saturated heterocycles. The molecule has 7 heteroatoms. The van der Waals surface area contributed by atoms with Crippen LogP contribution in [0.1, 0.15) is 13.8 Å². The molecule has 1 heterocycles. The van der Waals surface area contributed by atoms with Crippen LogP contribution in [0.2, 0.25) is 0 Å². The zero-order valence-electron chi connectivity index (χ0n) is 10.8. The van der Waals surface area contributed by atoms with Crippen LogP contribution in [0.25, 0.3) is 0 Å². The summed E-state index contributed by atoms with van der Waals surface area (Å²) in [6, 6.07) is 1.77. The van der Waals surface area contributed by atoms with Gasteiger partial charge in [-0.3, -0.25) is 0 Å². The predicted octanol–water partition coefficient (Wildman–Crippen LogP) is -0.330. The van der Waals surface area contributed by atoms with Crippen molar-refractivity contribution >= 4 is 17.6 Å². The van der Waals surface area contributed by atoms with Gasteiger partial charge in [0.2, 0.25) is 5.95 Å². The molecule has 0 fully saturated rings. The van der Waals surface area contributed by atoms with Crippen molar-refractivity contribution in [1.29, 1.82) is 0 Å². The van der Waals surface area contributed by atoms with Crippen molar-refractivity contribution in [2.75, 3.05) is 42.2 Å². The first kappa shape index (κ1) is 14.5. The van der Waals surface area contributed by atoms with Crippen LogP contribution in [0.3, 0.4) is 0 Å². The van der Waals surface area contributed by atoms with Gasteiger partial charge in [-0.2, -0.15) is 9.97 Å². The SMILES string of the molecule is CCN(CC)c1cc(NC[C@H](O)CO)nc(N)n1. The van der Waals surface area contributed by atoms with E-state index >= 15 is 0 Å². The highest BCUT2D eigenvalue weighted by Gasteiger charge is 2.08. The van der Waals surface area contributed by atoms with Gasteiger partial charge in [0.15, 0.2) is 0 Å². The van der Waals surface area contributed by atoms with Crippen LogP contribution >= 0.6 is 0 Å². The van der Waals surface area contributed by atoms with Crippen LogP contribution < -0.4 is 16.0 Å². The van der Waals surface area contributed by atoms with Gasteiger partial charge < -0.3 is 26.2 Å². The molecule has 0 unspecified atom stereocenters. The summed E-state index contributed by atoms with van der Waals surface area (Å²) in [5.74, 6) is 1.46. The highest BCUT2D eigenvalue weighted by molar-refractivity contribution is 5.52. The number of rotatable bonds is 7. The van der Waals surface area contributed by atoms with Crippen molar-refractivity contribution in [3.05, 3.63) is 6.07 Å². The van der Waals surface area contributed by atoms with E-state index in [4.69, 9.17) is 10.8 Å². The molecule has 5 N–H and O–H groups in total. The Hall–Kier alpha value is -1.60. The maximum Gasteiger partial charge on any atom is 0.223 e. The number of anilines is 3. The molecule has 1 aromatic rings. The molecule has 0 aliphatic carbocycles. The number of nitrogen functional groups attached to an aromatic ring is 1. The van der Waals surface area contributed by atoms with E-state index in [1.54, 1.807) is 6.07 Å². The number of aromatic nitrogens is 2. The van der Waals surface area contributed by atoms with Gasteiger partial charge in [0.05, 0.1) is 12.7 Å². The van der Waals surface area contributed by atoms with Crippen molar-refractivity contribution in [3.8, 4) is 0 Å². The summed E-state index contributed by atoms with van der Waals surface area (Å²) < 4.78 is 0. The lowest BCUT2D eigenvalue weighted by atomic mass is 10.3. The van der Waals surface area contributed by atoms with Gasteiger partial charge in [-0.05, 0) is 13.8 Å². The molecule has 1 rings (SSSR count). The van der Waals surface area contributed by atoms with Crippen LogP contribution in [-0.4, -0.2) is 52.5 Å². The summed E-state index contributed by atoms with van der Waals surface area (Å²) in [5.41, 5.74) is 5.64. The molecule has 7 nitrogen and oxygen atoms in total. The summed E-state index contributed by atoms with van der Waals surface area (Å²) in [6.07, 6.45) is -0.821. The minimum Gasteiger partial charge on any atom is -0.394 e. The molecular weight excluding hydrogens is 234 g/mol. The highest BCUT2D eigenvalue weighted by Crippen LogP contribution is 2.16. The highest BCUT2D eigenvalue weighted by atomic mass is 16.3. The first-order chi connectivity index (χ1) is 8.60. The number of hydrogen-bond acceptors (Lipinski definition) is 7. The predicted molar refractivity (Wildman–Crippen MR) is 71.6 cm³/mol. The maximum atomic E-state index is 9.26. The largest absolute Gasteiger partial charge is 0.394 e. The second-order valence-corrected chi connectivity index (χ2v) is 3.86. The molecule has 0 aromatic carbocycles. The third-order valence-corrected chi connectivity index (χ3v) is 2.55. The molecule has 0 radical (unpaired) electrons. The average Bonchev–Trinajstić information content (AvgIpc) is 2.37. The Kier molecular flexibility index (Phi) is 5.60. The lowest BCUT2D eigenvalue weighted by Gasteiger charge is -2.20. The van der Waals surface area contributed by atoms with E-state index in [2.05, 4.69) is 15.3 Å². The zero-order chi connectivity index (χ0) is 13.5. The van der Waals surface area contributed by atoms with E-state index in [9.17, 15) is 5.11 Å². The van der Waals surface area contributed by atoms with Crippen LogP contribution in [-0.2, 0) is 0 Å². The van der Waals surface area contributed by atoms with Crippen molar-refractivity contribution in [1.82, 2.24) is 9.97 Å². The smallest absolute Gasteiger partial charge is 0.223 e. The molecule has 0 amide bonds. The molecule has 0 spiro atoms. The second-order valence-electron chi connectivity index (χ2n) is 3.86. The van der Waals surface area contributed by atoms with Crippen molar-refractivity contribution in [3.63, 3.8) is 0 Å². The van der Waals surface area contributed by atoms with Crippen LogP contribution in [0.15, 0.2) is 6.07 Å². The van der Waals surface area contributed by atoms with Gasteiger partial charge >= 0.3 is 0 Å². The van der Waals surface area contributed by atoms with E-state index < -0.39 is 6.10 Å². The van der Waals surface area contributed by atoms with Gasteiger partial charge in [0.1, 0.15) is 11.6 Å². The van der Waals surface area contributed by atoms with Gasteiger partial charge in [-0.25, -0.2) is 0 Å². The minimum absolute atomic E-state index is 0.181. The van der Waals surface area contributed by atoms with Crippen molar-refractivity contribution < 1.29 is 10.2 Å². The number of nitrogens with two attached hydrogens (primary N) is 1. The molecule has 0 bridgehead atoms. The number of aliphatic hydroxyl groups excluding tert-OH is 2. The number of nitrogens with one attached hydrogen (secondary N) is 1. The Balaban J connectivity index is 2.80. The molecule has 0 aliphatic heterocycles. The monoisotopic (exact) mass is 255 g/mol. The fraction of sp³-hybridized carbons (Fsp3) is 0.636. The van der Waals surface area contributed by atoms with Gasteiger partial charge in [0.25, 0.3) is 0 Å². The summed E-state index contributed by atoms with van der Waals surface area (Å²) in [5, 5.41) is 20.9. The molecular formula is C11H21N5O2. The average molecular weight is 255 g/mol. The second kappa shape index (κ2) is 6.97. The van der Waals surface area contributed by atoms with Gasteiger partial charge in [0, 0.05) is 25.7 Å². The topological polar surface area (TPSA) is 108 Å². The number of hydrogen-bond donors (Lipinski definition) is 4. The van der Waals surface area contributed by atoms with Crippen LogP contribution in [0, 0.1) is 0 Å². The van der Waals surface area contributed by atoms with Crippen molar-refractivity contribution in [2.24, 2.45) is 0 Å². The molecule has 102 valence electrons. The molecule has 0 saturated carbocycles. The van der Waals surface area contributed by atoms with Gasteiger partial charge in [-0.15, -0.1) is 0 Å². The Morgan fingerprint density at radius 3 is 2.61 bits per heavy atom. The van der Waals surface area contributed by atoms with Crippen molar-refractivity contribution in [2.45, 2.75) is 20.0 Å². The number of nitrogens with zero attached hydrogens (tertiary/aromatic N) is 3. The summed E-state index contributed by atoms with van der Waals surface area (Å²) in [4.78, 5) is 10.2. The zero-order valence-corrected chi connectivity index (χ0v) is 10.8. The number of aliphatic hydroxyl groups is 2. The first-order valence-corrected chi connectivity index (χ1v) is 6.03. The molecule has 1 aromatic heterocycles. The van der Waals surface area contributed by atoms with E-state index in [-0.39, 0.29) is 19.1 Å². The summed E-state index contributed by atoms with van der Waals surface area (Å²) in [7, 11) is 0. The van der Waals surface area contributed by atoms with E-state index in [1.807, 2.05) is 18.7 Å². The van der Waals surface area contributed by atoms with Crippen LogP contribution in [0.5, 0.6) is 0 Å². The molecule has 0 aliphatic rings. The lowest BCUT2D eigenvalue weighted by molar-refractivity contribution is 0.105. The fourth-order valence-corrected chi connectivity index (χ4v) is 1.54. The standard InChI is InChI=1S/C11H21N5O2/c1-3-16(4-2)10-5-9(14-11(12)15-10)13-6-8(18)7-17/h5,8,17-18H,3-4,6-7H2,1-2H3,(H3,12,13,14,15)/t8-/m0/s1.